The lowest BCUT2D eigenvalue weighted by atomic mass is 10.0. The van der Waals surface area contributed by atoms with Crippen molar-refractivity contribution in [3.05, 3.63) is 34.9 Å². The fourth-order valence-electron chi connectivity index (χ4n) is 2.29. The Balaban J connectivity index is 2.05. The van der Waals surface area contributed by atoms with E-state index in [4.69, 9.17) is 9.84 Å². The number of nitrogens with one attached hydrogen (secondary N) is 1. The van der Waals surface area contributed by atoms with E-state index < -0.39 is 0 Å². The molecule has 0 atom stereocenters. The van der Waals surface area contributed by atoms with Crippen LogP contribution in [0.2, 0.25) is 0 Å². The average Bonchev–Trinajstić information content (AvgIpc) is 2.48. The van der Waals surface area contributed by atoms with Gasteiger partial charge in [-0.3, -0.25) is 9.69 Å². The van der Waals surface area contributed by atoms with Crippen molar-refractivity contribution in [3.8, 4) is 0 Å². The van der Waals surface area contributed by atoms with E-state index in [-0.39, 0.29) is 19.1 Å². The van der Waals surface area contributed by atoms with Crippen molar-refractivity contribution in [1.82, 2.24) is 10.2 Å². The zero-order valence-electron chi connectivity index (χ0n) is 11.9. The number of aryl methyl sites for hydroxylation is 1. The SMILES string of the molecule is Cc1ccc(CN2CCOCC2)cc1C(=O)NCCO. The first-order chi connectivity index (χ1) is 9.70. The van der Waals surface area contributed by atoms with Gasteiger partial charge in [0.05, 0.1) is 19.8 Å². The molecular weight excluding hydrogens is 256 g/mol. The molecule has 0 radical (unpaired) electrons. The van der Waals surface area contributed by atoms with Crippen molar-refractivity contribution in [2.45, 2.75) is 13.5 Å². The number of morpholine rings is 1. The van der Waals surface area contributed by atoms with Crippen LogP contribution >= 0.6 is 0 Å². The van der Waals surface area contributed by atoms with Gasteiger partial charge in [0.2, 0.25) is 0 Å². The number of nitrogens with zero attached hydrogens (tertiary/aromatic N) is 1. The minimum atomic E-state index is -0.125. The fraction of sp³-hybridized carbons (Fsp3) is 0.533. The van der Waals surface area contributed by atoms with Crippen LogP contribution in [0.15, 0.2) is 18.2 Å². The number of carbonyl (C=O) groups excluding carboxylic acids is 1. The van der Waals surface area contributed by atoms with Crippen molar-refractivity contribution in [2.75, 3.05) is 39.5 Å². The van der Waals surface area contributed by atoms with Crippen LogP contribution in [0.5, 0.6) is 0 Å². The van der Waals surface area contributed by atoms with Gasteiger partial charge in [-0.05, 0) is 24.1 Å². The maximum absolute atomic E-state index is 12.0. The quantitative estimate of drug-likeness (QED) is 0.826. The fourth-order valence-corrected chi connectivity index (χ4v) is 2.29. The molecule has 1 fully saturated rings. The third-order valence-corrected chi connectivity index (χ3v) is 3.45. The molecule has 20 heavy (non-hydrogen) atoms. The second kappa shape index (κ2) is 7.38. The van der Waals surface area contributed by atoms with Crippen molar-refractivity contribution in [3.63, 3.8) is 0 Å². The topological polar surface area (TPSA) is 61.8 Å². The van der Waals surface area contributed by atoms with Crippen molar-refractivity contribution in [1.29, 1.82) is 0 Å². The molecule has 0 aromatic heterocycles. The zero-order valence-corrected chi connectivity index (χ0v) is 11.9. The highest BCUT2D eigenvalue weighted by molar-refractivity contribution is 5.95. The molecule has 1 amide bonds. The lowest BCUT2D eigenvalue weighted by Crippen LogP contribution is -2.35. The van der Waals surface area contributed by atoms with Gasteiger partial charge >= 0.3 is 0 Å². The minimum absolute atomic E-state index is 0.0434. The molecule has 1 aliphatic heterocycles. The van der Waals surface area contributed by atoms with Crippen molar-refractivity contribution in [2.24, 2.45) is 0 Å². The number of aliphatic hydroxyl groups excluding tert-OH is 1. The monoisotopic (exact) mass is 278 g/mol. The van der Waals surface area contributed by atoms with Crippen LogP contribution in [0.3, 0.4) is 0 Å². The Morgan fingerprint density at radius 3 is 2.85 bits per heavy atom. The first-order valence-electron chi connectivity index (χ1n) is 6.99. The Labute approximate surface area is 119 Å². The third-order valence-electron chi connectivity index (χ3n) is 3.45. The Bertz CT molecular complexity index is 456. The van der Waals surface area contributed by atoms with E-state index in [1.165, 1.54) is 0 Å². The number of hydrogen-bond acceptors (Lipinski definition) is 4. The van der Waals surface area contributed by atoms with E-state index in [1.54, 1.807) is 0 Å². The summed E-state index contributed by atoms with van der Waals surface area (Å²) in [4.78, 5) is 14.3. The maximum atomic E-state index is 12.0. The molecule has 1 heterocycles. The molecule has 0 spiro atoms. The molecule has 2 rings (SSSR count). The number of rotatable bonds is 5. The molecule has 0 aliphatic carbocycles. The Morgan fingerprint density at radius 2 is 2.15 bits per heavy atom. The molecule has 1 aromatic carbocycles. The van der Waals surface area contributed by atoms with Gasteiger partial charge in [0.1, 0.15) is 0 Å². The summed E-state index contributed by atoms with van der Waals surface area (Å²) in [5, 5.41) is 11.5. The summed E-state index contributed by atoms with van der Waals surface area (Å²) in [5.41, 5.74) is 2.77. The first kappa shape index (κ1) is 15.0. The largest absolute Gasteiger partial charge is 0.395 e. The normalized spacial score (nSPS) is 16.1. The molecule has 110 valence electrons. The van der Waals surface area contributed by atoms with E-state index in [0.29, 0.717) is 5.56 Å². The van der Waals surface area contributed by atoms with Gasteiger partial charge in [0, 0.05) is 31.7 Å². The summed E-state index contributed by atoms with van der Waals surface area (Å²) in [6.45, 7) is 6.41. The maximum Gasteiger partial charge on any atom is 0.251 e. The molecule has 1 aromatic rings. The third kappa shape index (κ3) is 4.03. The second-order valence-electron chi connectivity index (χ2n) is 5.02. The molecule has 5 heteroatoms. The lowest BCUT2D eigenvalue weighted by Gasteiger charge is -2.26. The zero-order chi connectivity index (χ0) is 14.4. The van der Waals surface area contributed by atoms with Gasteiger partial charge in [0.25, 0.3) is 5.91 Å². The molecular formula is C15H22N2O3. The molecule has 1 saturated heterocycles. The van der Waals surface area contributed by atoms with Crippen molar-refractivity contribution < 1.29 is 14.6 Å². The molecule has 1 aliphatic rings. The smallest absolute Gasteiger partial charge is 0.251 e. The highest BCUT2D eigenvalue weighted by Gasteiger charge is 2.13. The predicted molar refractivity (Wildman–Crippen MR) is 76.7 cm³/mol. The van der Waals surface area contributed by atoms with Gasteiger partial charge in [0.15, 0.2) is 0 Å². The van der Waals surface area contributed by atoms with Crippen LogP contribution in [0.1, 0.15) is 21.5 Å². The minimum Gasteiger partial charge on any atom is -0.395 e. The number of aliphatic hydroxyl groups is 1. The molecule has 0 unspecified atom stereocenters. The Morgan fingerprint density at radius 1 is 1.40 bits per heavy atom. The van der Waals surface area contributed by atoms with Crippen LogP contribution in [-0.4, -0.2) is 55.4 Å². The van der Waals surface area contributed by atoms with Gasteiger partial charge in [-0.2, -0.15) is 0 Å². The lowest BCUT2D eigenvalue weighted by molar-refractivity contribution is 0.0342. The van der Waals surface area contributed by atoms with Crippen LogP contribution in [0.25, 0.3) is 0 Å². The van der Waals surface area contributed by atoms with Gasteiger partial charge in [-0.25, -0.2) is 0 Å². The van der Waals surface area contributed by atoms with E-state index in [1.807, 2.05) is 19.1 Å². The highest BCUT2D eigenvalue weighted by atomic mass is 16.5. The number of benzene rings is 1. The molecule has 0 bridgehead atoms. The van der Waals surface area contributed by atoms with Gasteiger partial charge in [-0.1, -0.05) is 12.1 Å². The summed E-state index contributed by atoms with van der Waals surface area (Å²) in [6, 6.07) is 5.98. The van der Waals surface area contributed by atoms with Crippen LogP contribution < -0.4 is 5.32 Å². The van der Waals surface area contributed by atoms with Crippen LogP contribution in [0, 0.1) is 6.92 Å². The number of hydrogen-bond donors (Lipinski definition) is 2. The predicted octanol–water partition coefficient (Wildman–Crippen LogP) is 0.549. The number of amides is 1. The molecule has 5 nitrogen and oxygen atoms in total. The average molecular weight is 278 g/mol. The summed E-state index contributed by atoms with van der Waals surface area (Å²) >= 11 is 0. The van der Waals surface area contributed by atoms with Crippen LogP contribution in [0.4, 0.5) is 0 Å². The van der Waals surface area contributed by atoms with Crippen molar-refractivity contribution >= 4 is 5.91 Å². The summed E-state index contributed by atoms with van der Waals surface area (Å²) in [6.07, 6.45) is 0. The summed E-state index contributed by atoms with van der Waals surface area (Å²) in [5.74, 6) is -0.125. The second-order valence-corrected chi connectivity index (χ2v) is 5.02. The summed E-state index contributed by atoms with van der Waals surface area (Å²) in [7, 11) is 0. The van der Waals surface area contributed by atoms with E-state index in [9.17, 15) is 4.79 Å². The number of carbonyl (C=O) groups is 1. The Hall–Kier alpha value is -1.43. The van der Waals surface area contributed by atoms with Gasteiger partial charge in [-0.15, -0.1) is 0 Å². The highest BCUT2D eigenvalue weighted by Crippen LogP contribution is 2.14. The molecule has 2 N–H and O–H groups in total. The van der Waals surface area contributed by atoms with E-state index in [0.717, 1.165) is 44.0 Å². The standard InChI is InChI=1S/C15H22N2O3/c1-12-2-3-13(11-17-5-8-20-9-6-17)10-14(12)15(19)16-4-7-18/h2-3,10,18H,4-9,11H2,1H3,(H,16,19). The van der Waals surface area contributed by atoms with E-state index in [2.05, 4.69) is 16.3 Å². The van der Waals surface area contributed by atoms with Crippen LogP contribution in [-0.2, 0) is 11.3 Å². The first-order valence-corrected chi connectivity index (χ1v) is 6.99. The molecule has 0 saturated carbocycles. The number of ether oxygens (including phenoxy) is 1. The van der Waals surface area contributed by atoms with E-state index >= 15 is 0 Å². The Kier molecular flexibility index (Phi) is 5.52. The summed E-state index contributed by atoms with van der Waals surface area (Å²) < 4.78 is 5.33. The van der Waals surface area contributed by atoms with Gasteiger partial charge < -0.3 is 15.2 Å².